The second-order valence-corrected chi connectivity index (χ2v) is 7.60. The lowest BCUT2D eigenvalue weighted by Crippen LogP contribution is -2.43. The molecule has 1 N–H and O–H groups in total. The number of hydrogen-bond donors (Lipinski definition) is 1. The second kappa shape index (κ2) is 6.85. The van der Waals surface area contributed by atoms with E-state index in [1.165, 1.54) is 5.56 Å². The first kappa shape index (κ1) is 17.2. The quantitative estimate of drug-likeness (QED) is 0.890. The van der Waals surface area contributed by atoms with E-state index in [1.54, 1.807) is 0 Å². The molecule has 0 radical (unpaired) electrons. The molecule has 26 heavy (non-hydrogen) atoms. The third-order valence-corrected chi connectivity index (χ3v) is 5.79. The molecule has 0 saturated carbocycles. The molecule has 2 atom stereocenters. The van der Waals surface area contributed by atoms with Crippen molar-refractivity contribution in [2.75, 3.05) is 32.8 Å². The molecular weight excluding hydrogens is 330 g/mol. The van der Waals surface area contributed by atoms with Crippen LogP contribution in [0.3, 0.4) is 0 Å². The number of nitrogens with one attached hydrogen (secondary N) is 1. The minimum Gasteiger partial charge on any atom is -0.380 e. The van der Waals surface area contributed by atoms with Crippen LogP contribution in [-0.4, -0.2) is 48.8 Å². The molecule has 2 aliphatic rings. The summed E-state index contributed by atoms with van der Waals surface area (Å²) in [6.07, 6.45) is 0. The number of carbonyl (C=O) groups is 1. The Morgan fingerprint density at radius 1 is 1.35 bits per heavy atom. The molecule has 6 heteroatoms. The van der Waals surface area contributed by atoms with E-state index in [9.17, 15) is 4.79 Å². The topological polar surface area (TPSA) is 67.6 Å². The van der Waals surface area contributed by atoms with Crippen molar-refractivity contribution in [3.63, 3.8) is 0 Å². The molecule has 1 aromatic heterocycles. The Morgan fingerprint density at radius 3 is 2.88 bits per heavy atom. The third kappa shape index (κ3) is 3.15. The first-order valence-corrected chi connectivity index (χ1v) is 9.12. The van der Waals surface area contributed by atoms with E-state index >= 15 is 0 Å². The van der Waals surface area contributed by atoms with Gasteiger partial charge >= 0.3 is 0 Å². The number of benzene rings is 1. The number of amides is 1. The normalized spacial score (nSPS) is 25.4. The fourth-order valence-electron chi connectivity index (χ4n) is 4.21. The molecule has 1 amide bonds. The minimum absolute atomic E-state index is 0.0105. The van der Waals surface area contributed by atoms with Gasteiger partial charge < -0.3 is 14.6 Å². The van der Waals surface area contributed by atoms with Crippen molar-refractivity contribution in [2.45, 2.75) is 20.4 Å². The monoisotopic (exact) mass is 355 g/mol. The molecule has 0 aliphatic carbocycles. The standard InChI is InChI=1S/C20H25N3O3/c1-14-18(15(2)26-22-14)9-23-8-17-10-25-13-20(17,12-23)11-21-19(24)16-6-4-3-5-7-16/h3-7,17H,8-13H2,1-2H3,(H,21,24)/t17-,20+/m1/s1. The molecule has 3 heterocycles. The average molecular weight is 355 g/mol. The van der Waals surface area contributed by atoms with Gasteiger partial charge in [-0.1, -0.05) is 23.4 Å². The Balaban J connectivity index is 1.42. The lowest BCUT2D eigenvalue weighted by molar-refractivity contribution is 0.0904. The van der Waals surface area contributed by atoms with Gasteiger partial charge in [0.2, 0.25) is 0 Å². The summed E-state index contributed by atoms with van der Waals surface area (Å²) in [5, 5.41) is 7.19. The molecule has 138 valence electrons. The minimum atomic E-state index is -0.0187. The van der Waals surface area contributed by atoms with E-state index in [-0.39, 0.29) is 11.3 Å². The van der Waals surface area contributed by atoms with Gasteiger partial charge in [-0.25, -0.2) is 0 Å². The first-order valence-electron chi connectivity index (χ1n) is 9.12. The first-order chi connectivity index (χ1) is 12.6. The van der Waals surface area contributed by atoms with Crippen molar-refractivity contribution >= 4 is 5.91 Å². The number of aryl methyl sites for hydroxylation is 2. The van der Waals surface area contributed by atoms with Crippen molar-refractivity contribution in [2.24, 2.45) is 11.3 Å². The summed E-state index contributed by atoms with van der Waals surface area (Å²) in [5.74, 6) is 1.32. The Kier molecular flexibility index (Phi) is 4.54. The lowest BCUT2D eigenvalue weighted by Gasteiger charge is -2.27. The summed E-state index contributed by atoms with van der Waals surface area (Å²) in [6.45, 7) is 8.79. The van der Waals surface area contributed by atoms with Crippen molar-refractivity contribution < 1.29 is 14.1 Å². The molecular formula is C20H25N3O3. The fraction of sp³-hybridized carbons (Fsp3) is 0.500. The Labute approximate surface area is 153 Å². The molecule has 2 fully saturated rings. The van der Waals surface area contributed by atoms with Crippen molar-refractivity contribution in [3.05, 3.63) is 52.9 Å². The smallest absolute Gasteiger partial charge is 0.251 e. The van der Waals surface area contributed by atoms with Gasteiger partial charge in [0.05, 0.1) is 18.9 Å². The summed E-state index contributed by atoms with van der Waals surface area (Å²) >= 11 is 0. The Bertz CT molecular complexity index is 769. The zero-order valence-electron chi connectivity index (χ0n) is 15.3. The van der Waals surface area contributed by atoms with Gasteiger partial charge in [0, 0.05) is 48.6 Å². The SMILES string of the molecule is Cc1noc(C)c1CN1C[C@@H]2COC[C@]2(CNC(=O)c2ccccc2)C1. The van der Waals surface area contributed by atoms with E-state index < -0.39 is 0 Å². The van der Waals surface area contributed by atoms with Crippen LogP contribution in [0.1, 0.15) is 27.4 Å². The van der Waals surface area contributed by atoms with Gasteiger partial charge in [0.25, 0.3) is 5.91 Å². The maximum absolute atomic E-state index is 12.4. The predicted molar refractivity (Wildman–Crippen MR) is 96.8 cm³/mol. The number of carbonyl (C=O) groups excluding carboxylic acids is 1. The van der Waals surface area contributed by atoms with Crippen LogP contribution in [0.4, 0.5) is 0 Å². The summed E-state index contributed by atoms with van der Waals surface area (Å²) in [5.41, 5.74) is 2.82. The van der Waals surface area contributed by atoms with Crippen LogP contribution in [0.15, 0.2) is 34.9 Å². The van der Waals surface area contributed by atoms with Crippen LogP contribution >= 0.6 is 0 Å². The van der Waals surface area contributed by atoms with Crippen molar-refractivity contribution in [1.82, 2.24) is 15.4 Å². The van der Waals surface area contributed by atoms with Crippen LogP contribution in [0.5, 0.6) is 0 Å². The maximum Gasteiger partial charge on any atom is 0.251 e. The van der Waals surface area contributed by atoms with E-state index in [2.05, 4.69) is 15.4 Å². The zero-order chi connectivity index (χ0) is 18.1. The van der Waals surface area contributed by atoms with E-state index in [0.717, 1.165) is 37.7 Å². The predicted octanol–water partition coefficient (Wildman–Crippen LogP) is 2.17. The summed E-state index contributed by atoms with van der Waals surface area (Å²) in [6, 6.07) is 9.37. The summed E-state index contributed by atoms with van der Waals surface area (Å²) in [7, 11) is 0. The Hall–Kier alpha value is -2.18. The highest BCUT2D eigenvalue weighted by Crippen LogP contribution is 2.41. The molecule has 6 nitrogen and oxygen atoms in total. The number of fused-ring (bicyclic) bond motifs is 1. The van der Waals surface area contributed by atoms with Crippen molar-refractivity contribution in [3.8, 4) is 0 Å². The summed E-state index contributed by atoms with van der Waals surface area (Å²) in [4.78, 5) is 14.9. The largest absolute Gasteiger partial charge is 0.380 e. The molecule has 4 rings (SSSR count). The van der Waals surface area contributed by atoms with Gasteiger partial charge in [-0.3, -0.25) is 9.69 Å². The third-order valence-electron chi connectivity index (χ3n) is 5.79. The van der Waals surface area contributed by atoms with Crippen LogP contribution < -0.4 is 5.32 Å². The molecule has 2 aromatic rings. The molecule has 2 aliphatic heterocycles. The highest BCUT2D eigenvalue weighted by Gasteiger charge is 2.50. The molecule has 0 unspecified atom stereocenters. The number of hydrogen-bond acceptors (Lipinski definition) is 5. The van der Waals surface area contributed by atoms with Crippen LogP contribution in [0.25, 0.3) is 0 Å². The van der Waals surface area contributed by atoms with E-state index in [0.29, 0.717) is 24.6 Å². The number of aromatic nitrogens is 1. The highest BCUT2D eigenvalue weighted by atomic mass is 16.5. The number of nitrogens with zero attached hydrogens (tertiary/aromatic N) is 2. The van der Waals surface area contributed by atoms with Gasteiger partial charge in [0.1, 0.15) is 5.76 Å². The zero-order valence-corrected chi connectivity index (χ0v) is 15.3. The summed E-state index contributed by atoms with van der Waals surface area (Å²) < 4.78 is 11.1. The Morgan fingerprint density at radius 2 is 2.15 bits per heavy atom. The van der Waals surface area contributed by atoms with Gasteiger partial charge in [-0.2, -0.15) is 0 Å². The maximum atomic E-state index is 12.4. The molecule has 2 saturated heterocycles. The number of likely N-dealkylation sites (tertiary alicyclic amines) is 1. The second-order valence-electron chi connectivity index (χ2n) is 7.60. The average Bonchev–Trinajstić information content (AvgIpc) is 3.28. The van der Waals surface area contributed by atoms with Crippen LogP contribution in [0.2, 0.25) is 0 Å². The van der Waals surface area contributed by atoms with Crippen molar-refractivity contribution in [1.29, 1.82) is 0 Å². The molecule has 1 aromatic carbocycles. The van der Waals surface area contributed by atoms with Gasteiger partial charge in [0.15, 0.2) is 0 Å². The number of ether oxygens (including phenoxy) is 1. The van der Waals surface area contributed by atoms with Gasteiger partial charge in [-0.15, -0.1) is 0 Å². The molecule has 0 bridgehead atoms. The molecule has 0 spiro atoms. The van der Waals surface area contributed by atoms with Gasteiger partial charge in [-0.05, 0) is 26.0 Å². The number of rotatable bonds is 5. The fourth-order valence-corrected chi connectivity index (χ4v) is 4.21. The lowest BCUT2D eigenvalue weighted by atomic mass is 9.81. The van der Waals surface area contributed by atoms with E-state index in [4.69, 9.17) is 9.26 Å². The van der Waals surface area contributed by atoms with E-state index in [1.807, 2.05) is 44.2 Å². The van der Waals surface area contributed by atoms with Crippen LogP contribution in [-0.2, 0) is 11.3 Å². The highest BCUT2D eigenvalue weighted by molar-refractivity contribution is 5.94. The van der Waals surface area contributed by atoms with Crippen LogP contribution in [0, 0.1) is 25.2 Å².